The van der Waals surface area contributed by atoms with Crippen LogP contribution in [0.3, 0.4) is 0 Å². The van der Waals surface area contributed by atoms with Gasteiger partial charge in [-0.15, -0.1) is 0 Å². The molecule has 3 amide bonds. The lowest BCUT2D eigenvalue weighted by Crippen LogP contribution is -2.47. The van der Waals surface area contributed by atoms with E-state index in [1.54, 1.807) is 36.1 Å². The van der Waals surface area contributed by atoms with Crippen molar-refractivity contribution in [3.05, 3.63) is 46.1 Å². The third-order valence-electron chi connectivity index (χ3n) is 5.48. The van der Waals surface area contributed by atoms with Crippen molar-refractivity contribution < 1.29 is 28.7 Å². The number of hydrogen-bond donors (Lipinski definition) is 2. The molecule has 1 atom stereocenters. The lowest BCUT2D eigenvalue weighted by molar-refractivity contribution is -0.151. The van der Waals surface area contributed by atoms with Crippen LogP contribution < -0.4 is 10.6 Å². The van der Waals surface area contributed by atoms with Gasteiger partial charge in [0.15, 0.2) is 0 Å². The van der Waals surface area contributed by atoms with E-state index in [0.29, 0.717) is 36.5 Å². The first-order chi connectivity index (χ1) is 15.3. The average molecular weight is 464 g/mol. The van der Waals surface area contributed by atoms with Crippen molar-refractivity contribution in [1.82, 2.24) is 15.5 Å². The standard InChI is InChI=1S/C22H26ClN3O6/c1-3-31-21(29)18-17(12-32-20(28)15-8-10-26(11-9-15)13(2)27)24-22(30)25-19(18)14-4-6-16(23)7-5-14/h4-7,15,19H,3,8-12H2,1-2H3,(H2,24,25,30)/t19-/m1/s1. The van der Waals surface area contributed by atoms with Crippen LogP contribution in [-0.2, 0) is 23.9 Å². The Morgan fingerprint density at radius 1 is 1.12 bits per heavy atom. The first-order valence-corrected chi connectivity index (χ1v) is 10.8. The molecule has 1 aromatic carbocycles. The lowest BCUT2D eigenvalue weighted by atomic mass is 9.95. The maximum absolute atomic E-state index is 12.7. The highest BCUT2D eigenvalue weighted by molar-refractivity contribution is 6.30. The predicted molar refractivity (Wildman–Crippen MR) is 115 cm³/mol. The number of nitrogens with zero attached hydrogens (tertiary/aromatic N) is 1. The van der Waals surface area contributed by atoms with Crippen LogP contribution >= 0.6 is 11.6 Å². The van der Waals surface area contributed by atoms with E-state index >= 15 is 0 Å². The number of rotatable bonds is 6. The number of amides is 3. The van der Waals surface area contributed by atoms with E-state index in [0.717, 1.165) is 0 Å². The van der Waals surface area contributed by atoms with Crippen LogP contribution in [0.15, 0.2) is 35.5 Å². The van der Waals surface area contributed by atoms with E-state index in [9.17, 15) is 19.2 Å². The van der Waals surface area contributed by atoms with Crippen LogP contribution in [0.1, 0.15) is 38.3 Å². The summed E-state index contributed by atoms with van der Waals surface area (Å²) in [5.74, 6) is -1.42. The number of nitrogens with one attached hydrogen (secondary N) is 2. The van der Waals surface area contributed by atoms with E-state index in [1.165, 1.54) is 6.92 Å². The van der Waals surface area contributed by atoms with Gasteiger partial charge in [0.05, 0.1) is 29.8 Å². The summed E-state index contributed by atoms with van der Waals surface area (Å²) in [5, 5.41) is 5.79. The maximum atomic E-state index is 12.7. The molecule has 0 unspecified atom stereocenters. The van der Waals surface area contributed by atoms with Gasteiger partial charge < -0.3 is 25.0 Å². The largest absolute Gasteiger partial charge is 0.463 e. The summed E-state index contributed by atoms with van der Waals surface area (Å²) in [6, 6.07) is 5.39. The van der Waals surface area contributed by atoms with E-state index in [-0.39, 0.29) is 36.3 Å². The fourth-order valence-electron chi connectivity index (χ4n) is 3.78. The van der Waals surface area contributed by atoms with Crippen LogP contribution in [0.5, 0.6) is 0 Å². The van der Waals surface area contributed by atoms with Gasteiger partial charge in [-0.2, -0.15) is 0 Å². The Morgan fingerprint density at radius 3 is 2.38 bits per heavy atom. The molecule has 172 valence electrons. The zero-order valence-electron chi connectivity index (χ0n) is 18.0. The van der Waals surface area contributed by atoms with Crippen LogP contribution in [0.25, 0.3) is 0 Å². The average Bonchev–Trinajstić information content (AvgIpc) is 2.77. The minimum absolute atomic E-state index is 0.0216. The monoisotopic (exact) mass is 463 g/mol. The van der Waals surface area contributed by atoms with Gasteiger partial charge in [-0.3, -0.25) is 9.59 Å². The SMILES string of the molecule is CCOC(=O)C1=C(COC(=O)C2CCN(C(C)=O)CC2)NC(=O)N[C@@H]1c1ccc(Cl)cc1. The van der Waals surface area contributed by atoms with Crippen LogP contribution in [0.4, 0.5) is 4.79 Å². The number of halogens is 1. The van der Waals surface area contributed by atoms with E-state index < -0.39 is 24.0 Å². The molecule has 2 aliphatic rings. The predicted octanol–water partition coefficient (Wildman–Crippen LogP) is 2.31. The molecule has 9 nitrogen and oxygen atoms in total. The first kappa shape index (κ1) is 23.6. The number of piperidine rings is 1. The van der Waals surface area contributed by atoms with Gasteiger partial charge in [0.1, 0.15) is 6.61 Å². The third-order valence-corrected chi connectivity index (χ3v) is 5.74. The summed E-state index contributed by atoms with van der Waals surface area (Å²) in [7, 11) is 0. The molecule has 2 aliphatic heterocycles. The number of hydrogen-bond acceptors (Lipinski definition) is 6. The Balaban J connectivity index is 1.78. The van der Waals surface area contributed by atoms with Gasteiger partial charge in [0.2, 0.25) is 5.91 Å². The van der Waals surface area contributed by atoms with Crippen LogP contribution in [-0.4, -0.2) is 55.1 Å². The zero-order valence-corrected chi connectivity index (χ0v) is 18.7. The van der Waals surface area contributed by atoms with Gasteiger partial charge in [-0.05, 0) is 37.5 Å². The second-order valence-corrected chi connectivity index (χ2v) is 8.02. The number of carbonyl (C=O) groups excluding carboxylic acids is 4. The summed E-state index contributed by atoms with van der Waals surface area (Å²) in [4.78, 5) is 50.8. The van der Waals surface area contributed by atoms with Gasteiger partial charge in [0.25, 0.3) is 0 Å². The smallest absolute Gasteiger partial charge is 0.338 e. The van der Waals surface area contributed by atoms with Crippen molar-refractivity contribution >= 4 is 35.5 Å². The Labute approximate surface area is 191 Å². The molecule has 1 aromatic rings. The van der Waals surface area contributed by atoms with Gasteiger partial charge in [0, 0.05) is 25.0 Å². The molecule has 32 heavy (non-hydrogen) atoms. The third kappa shape index (κ3) is 5.59. The molecule has 0 radical (unpaired) electrons. The quantitative estimate of drug-likeness (QED) is 0.626. The molecule has 0 aliphatic carbocycles. The Hall–Kier alpha value is -3.07. The summed E-state index contributed by atoms with van der Waals surface area (Å²) >= 11 is 5.96. The Kier molecular flexibility index (Phi) is 7.74. The summed E-state index contributed by atoms with van der Waals surface area (Å²) in [5.41, 5.74) is 0.961. The van der Waals surface area contributed by atoms with Gasteiger partial charge in [-0.25, -0.2) is 9.59 Å². The first-order valence-electron chi connectivity index (χ1n) is 10.5. The Bertz CT molecular complexity index is 922. The number of carbonyl (C=O) groups is 4. The maximum Gasteiger partial charge on any atom is 0.338 e. The van der Waals surface area contributed by atoms with Crippen molar-refractivity contribution in [2.75, 3.05) is 26.3 Å². The van der Waals surface area contributed by atoms with E-state index in [2.05, 4.69) is 10.6 Å². The van der Waals surface area contributed by atoms with Gasteiger partial charge >= 0.3 is 18.0 Å². The molecule has 2 N–H and O–H groups in total. The highest BCUT2D eigenvalue weighted by atomic mass is 35.5. The highest BCUT2D eigenvalue weighted by Crippen LogP contribution is 2.29. The molecule has 0 aromatic heterocycles. The van der Waals surface area contributed by atoms with Crippen molar-refractivity contribution in [3.8, 4) is 0 Å². The number of esters is 2. The molecule has 0 bridgehead atoms. The summed E-state index contributed by atoms with van der Waals surface area (Å²) in [6.45, 7) is 4.02. The van der Waals surface area contributed by atoms with Crippen molar-refractivity contribution in [1.29, 1.82) is 0 Å². The minimum Gasteiger partial charge on any atom is -0.463 e. The van der Waals surface area contributed by atoms with E-state index in [4.69, 9.17) is 21.1 Å². The van der Waals surface area contributed by atoms with Crippen LogP contribution in [0.2, 0.25) is 5.02 Å². The van der Waals surface area contributed by atoms with Gasteiger partial charge in [-0.1, -0.05) is 23.7 Å². The highest BCUT2D eigenvalue weighted by Gasteiger charge is 2.35. The molecule has 0 spiro atoms. The van der Waals surface area contributed by atoms with Crippen molar-refractivity contribution in [2.24, 2.45) is 5.92 Å². The number of likely N-dealkylation sites (tertiary alicyclic amines) is 1. The fraction of sp³-hybridized carbons (Fsp3) is 0.455. The second-order valence-electron chi connectivity index (χ2n) is 7.58. The molecule has 1 fully saturated rings. The lowest BCUT2D eigenvalue weighted by Gasteiger charge is -2.31. The van der Waals surface area contributed by atoms with Crippen LogP contribution in [0, 0.1) is 5.92 Å². The molecule has 10 heteroatoms. The normalized spacial score (nSPS) is 19.2. The number of ether oxygens (including phenoxy) is 2. The number of benzene rings is 1. The molecule has 0 saturated carbocycles. The topological polar surface area (TPSA) is 114 Å². The molecular formula is C22H26ClN3O6. The van der Waals surface area contributed by atoms with Crippen molar-refractivity contribution in [3.63, 3.8) is 0 Å². The van der Waals surface area contributed by atoms with E-state index in [1.807, 2.05) is 0 Å². The minimum atomic E-state index is -0.785. The summed E-state index contributed by atoms with van der Waals surface area (Å²) < 4.78 is 10.6. The Morgan fingerprint density at radius 2 is 1.78 bits per heavy atom. The fourth-order valence-corrected chi connectivity index (χ4v) is 3.90. The second kappa shape index (κ2) is 10.5. The van der Waals surface area contributed by atoms with Crippen molar-refractivity contribution in [2.45, 2.75) is 32.7 Å². The number of urea groups is 1. The molecule has 1 saturated heterocycles. The zero-order chi connectivity index (χ0) is 23.3. The summed E-state index contributed by atoms with van der Waals surface area (Å²) in [6.07, 6.45) is 1.01. The molecule has 3 rings (SSSR count). The molecule has 2 heterocycles. The molecular weight excluding hydrogens is 438 g/mol.